The van der Waals surface area contributed by atoms with Crippen LogP contribution >= 0.6 is 11.6 Å². The number of nitrogens with one attached hydrogen (secondary N) is 1. The van der Waals surface area contributed by atoms with Crippen LogP contribution in [0.2, 0.25) is 5.02 Å². The van der Waals surface area contributed by atoms with Crippen molar-refractivity contribution in [1.29, 1.82) is 0 Å². The number of halogens is 1. The number of hydrogen-bond donors (Lipinski definition) is 2. The molecule has 3 N–H and O–H groups in total. The molecule has 0 aliphatic heterocycles. The normalized spacial score (nSPS) is 12.1. The molecule has 0 aromatic heterocycles. The zero-order valence-electron chi connectivity index (χ0n) is 10.4. The van der Waals surface area contributed by atoms with Gasteiger partial charge in [0.1, 0.15) is 0 Å². The summed E-state index contributed by atoms with van der Waals surface area (Å²) in [5.41, 5.74) is 8.82. The summed E-state index contributed by atoms with van der Waals surface area (Å²) in [6, 6.07) is 15.9. The molecule has 94 valence electrons. The Morgan fingerprint density at radius 2 is 1.89 bits per heavy atom. The molecule has 0 amide bonds. The molecule has 3 heteroatoms. The van der Waals surface area contributed by atoms with Crippen molar-refractivity contribution in [3.05, 3.63) is 59.1 Å². The summed E-state index contributed by atoms with van der Waals surface area (Å²) < 4.78 is 0. The minimum absolute atomic E-state index is 0.421. The molecule has 18 heavy (non-hydrogen) atoms. The molecule has 2 nitrogen and oxygen atoms in total. The molecule has 2 aromatic carbocycles. The predicted octanol–water partition coefficient (Wildman–Crippen LogP) is 4.14. The van der Waals surface area contributed by atoms with E-state index in [9.17, 15) is 0 Å². The van der Waals surface area contributed by atoms with Gasteiger partial charge in [0.2, 0.25) is 0 Å². The highest BCUT2D eigenvalue weighted by atomic mass is 35.5. The summed E-state index contributed by atoms with van der Waals surface area (Å²) >= 11 is 5.95. The van der Waals surface area contributed by atoms with Gasteiger partial charge in [-0.25, -0.2) is 0 Å². The van der Waals surface area contributed by atoms with E-state index in [-0.39, 0.29) is 0 Å². The van der Waals surface area contributed by atoms with Gasteiger partial charge in [0.25, 0.3) is 0 Å². The standard InChI is InChI=1S/C15H17ClN2/c1-11(12-5-3-2-4-6-12)10-18-15-9-13(16)7-8-14(15)17/h2-9,11,18H,10,17H2,1H3. The highest BCUT2D eigenvalue weighted by Gasteiger charge is 2.06. The van der Waals surface area contributed by atoms with E-state index in [1.165, 1.54) is 5.56 Å². The van der Waals surface area contributed by atoms with Crippen molar-refractivity contribution in [3.8, 4) is 0 Å². The third-order valence-electron chi connectivity index (χ3n) is 2.98. The number of benzene rings is 2. The third-order valence-corrected chi connectivity index (χ3v) is 3.22. The average Bonchev–Trinajstić information content (AvgIpc) is 2.40. The Labute approximate surface area is 113 Å². The first-order chi connectivity index (χ1) is 8.66. The zero-order chi connectivity index (χ0) is 13.0. The van der Waals surface area contributed by atoms with Gasteiger partial charge in [-0.3, -0.25) is 0 Å². The van der Waals surface area contributed by atoms with Gasteiger partial charge in [-0.15, -0.1) is 0 Å². The van der Waals surface area contributed by atoms with E-state index in [4.69, 9.17) is 17.3 Å². The smallest absolute Gasteiger partial charge is 0.0589 e. The monoisotopic (exact) mass is 260 g/mol. The Hall–Kier alpha value is -1.67. The van der Waals surface area contributed by atoms with Gasteiger partial charge in [0.15, 0.2) is 0 Å². The summed E-state index contributed by atoms with van der Waals surface area (Å²) in [5.74, 6) is 0.421. The summed E-state index contributed by atoms with van der Waals surface area (Å²) in [5, 5.41) is 4.04. The van der Waals surface area contributed by atoms with E-state index in [1.54, 1.807) is 6.07 Å². The fourth-order valence-corrected chi connectivity index (χ4v) is 2.02. The molecule has 0 spiro atoms. The highest BCUT2D eigenvalue weighted by molar-refractivity contribution is 6.31. The first kappa shape index (κ1) is 12.8. The lowest BCUT2D eigenvalue weighted by atomic mass is 10.0. The molecule has 0 saturated heterocycles. The van der Waals surface area contributed by atoms with Crippen LogP contribution in [-0.4, -0.2) is 6.54 Å². The van der Waals surface area contributed by atoms with Crippen molar-refractivity contribution in [1.82, 2.24) is 0 Å². The molecule has 1 unspecified atom stereocenters. The summed E-state index contributed by atoms with van der Waals surface area (Å²) in [6.07, 6.45) is 0. The molecular weight excluding hydrogens is 244 g/mol. The van der Waals surface area contributed by atoms with Crippen LogP contribution in [0.4, 0.5) is 11.4 Å². The largest absolute Gasteiger partial charge is 0.397 e. The molecule has 0 aliphatic carbocycles. The lowest BCUT2D eigenvalue weighted by Crippen LogP contribution is -2.11. The van der Waals surface area contributed by atoms with E-state index in [0.29, 0.717) is 10.9 Å². The minimum Gasteiger partial charge on any atom is -0.397 e. The number of hydrogen-bond acceptors (Lipinski definition) is 2. The van der Waals surface area contributed by atoms with Crippen molar-refractivity contribution in [3.63, 3.8) is 0 Å². The number of nitrogens with two attached hydrogens (primary N) is 1. The van der Waals surface area contributed by atoms with Gasteiger partial charge in [0.05, 0.1) is 11.4 Å². The van der Waals surface area contributed by atoms with Gasteiger partial charge in [-0.2, -0.15) is 0 Å². The lowest BCUT2D eigenvalue weighted by Gasteiger charge is -2.15. The molecule has 0 bridgehead atoms. The van der Waals surface area contributed by atoms with Gasteiger partial charge in [-0.05, 0) is 29.7 Å². The van der Waals surface area contributed by atoms with Gasteiger partial charge >= 0.3 is 0 Å². The average molecular weight is 261 g/mol. The first-order valence-electron chi connectivity index (χ1n) is 6.00. The maximum atomic E-state index is 5.95. The Balaban J connectivity index is 2.01. The van der Waals surface area contributed by atoms with E-state index in [2.05, 4.69) is 36.5 Å². The van der Waals surface area contributed by atoms with Crippen molar-refractivity contribution in [2.24, 2.45) is 0 Å². The van der Waals surface area contributed by atoms with Gasteiger partial charge in [-0.1, -0.05) is 48.9 Å². The second kappa shape index (κ2) is 5.78. The molecule has 0 aliphatic rings. The lowest BCUT2D eigenvalue weighted by molar-refractivity contribution is 0.805. The molecule has 1 atom stereocenters. The van der Waals surface area contributed by atoms with Gasteiger partial charge in [0, 0.05) is 11.6 Å². The van der Waals surface area contributed by atoms with Crippen molar-refractivity contribution in [2.75, 3.05) is 17.6 Å². The van der Waals surface area contributed by atoms with Crippen LogP contribution < -0.4 is 11.1 Å². The maximum Gasteiger partial charge on any atom is 0.0589 e. The van der Waals surface area contributed by atoms with Crippen LogP contribution in [0.25, 0.3) is 0 Å². The molecule has 0 heterocycles. The van der Waals surface area contributed by atoms with Crippen LogP contribution in [0, 0.1) is 0 Å². The molecule has 2 aromatic rings. The van der Waals surface area contributed by atoms with Gasteiger partial charge < -0.3 is 11.1 Å². The zero-order valence-corrected chi connectivity index (χ0v) is 11.1. The Kier molecular flexibility index (Phi) is 4.11. The predicted molar refractivity (Wildman–Crippen MR) is 79.2 cm³/mol. The molecule has 0 radical (unpaired) electrons. The number of anilines is 2. The second-order valence-corrected chi connectivity index (χ2v) is 4.86. The minimum atomic E-state index is 0.421. The van der Waals surface area contributed by atoms with Crippen LogP contribution in [0.1, 0.15) is 18.4 Å². The number of rotatable bonds is 4. The van der Waals surface area contributed by atoms with E-state index in [1.807, 2.05) is 18.2 Å². The molecule has 0 saturated carbocycles. The quantitative estimate of drug-likeness (QED) is 0.811. The number of nitrogen functional groups attached to an aromatic ring is 1. The van der Waals surface area contributed by atoms with E-state index in [0.717, 1.165) is 17.9 Å². The first-order valence-corrected chi connectivity index (χ1v) is 6.38. The second-order valence-electron chi connectivity index (χ2n) is 4.42. The maximum absolute atomic E-state index is 5.95. The molecular formula is C15H17ClN2. The SMILES string of the molecule is CC(CNc1cc(Cl)ccc1N)c1ccccc1. The fourth-order valence-electron chi connectivity index (χ4n) is 1.84. The summed E-state index contributed by atoms with van der Waals surface area (Å²) in [7, 11) is 0. The fraction of sp³-hybridized carbons (Fsp3) is 0.200. The Morgan fingerprint density at radius 1 is 1.17 bits per heavy atom. The third kappa shape index (κ3) is 3.17. The van der Waals surface area contributed by atoms with Crippen LogP contribution in [0.15, 0.2) is 48.5 Å². The van der Waals surface area contributed by atoms with Crippen molar-refractivity contribution < 1.29 is 0 Å². The molecule has 2 rings (SSSR count). The topological polar surface area (TPSA) is 38.0 Å². The summed E-state index contributed by atoms with van der Waals surface area (Å²) in [4.78, 5) is 0. The van der Waals surface area contributed by atoms with Crippen molar-refractivity contribution >= 4 is 23.0 Å². The van der Waals surface area contributed by atoms with Crippen LogP contribution in [0.5, 0.6) is 0 Å². The summed E-state index contributed by atoms with van der Waals surface area (Å²) in [6.45, 7) is 3.01. The van der Waals surface area contributed by atoms with Crippen LogP contribution in [-0.2, 0) is 0 Å². The van der Waals surface area contributed by atoms with Crippen LogP contribution in [0.3, 0.4) is 0 Å². The van der Waals surface area contributed by atoms with Crippen molar-refractivity contribution in [2.45, 2.75) is 12.8 Å². The Bertz CT molecular complexity index is 511. The molecule has 0 fully saturated rings. The van der Waals surface area contributed by atoms with E-state index < -0.39 is 0 Å². The Morgan fingerprint density at radius 3 is 2.61 bits per heavy atom. The van der Waals surface area contributed by atoms with E-state index >= 15 is 0 Å². The highest BCUT2D eigenvalue weighted by Crippen LogP contribution is 2.24.